The summed E-state index contributed by atoms with van der Waals surface area (Å²) in [6, 6.07) is 13.5. The van der Waals surface area contributed by atoms with Crippen molar-refractivity contribution in [3.63, 3.8) is 0 Å². The molecule has 3 heteroatoms. The Balaban J connectivity index is 1.87. The van der Waals surface area contributed by atoms with Crippen LogP contribution in [0.15, 0.2) is 46.9 Å². The molecular weight excluding hydrogens is 351 g/mol. The van der Waals surface area contributed by atoms with Crippen molar-refractivity contribution >= 4 is 27.5 Å². The van der Waals surface area contributed by atoms with E-state index in [9.17, 15) is 4.39 Å². The van der Waals surface area contributed by atoms with Crippen molar-refractivity contribution in [2.45, 2.75) is 31.1 Å². The second kappa shape index (κ2) is 6.50. The monoisotopic (exact) mass is 366 g/mol. The largest absolute Gasteiger partial charge is 0.207 e. The van der Waals surface area contributed by atoms with Crippen LogP contribution in [0.2, 0.25) is 0 Å². The predicted octanol–water partition coefficient (Wildman–Crippen LogP) is 6.06. The second-order valence-corrected chi connectivity index (χ2v) is 7.08. The first-order valence-corrected chi connectivity index (χ1v) is 8.54. The molecule has 3 rings (SSSR count). The fraction of sp³-hybridized carbons (Fsp3) is 0.333. The van der Waals surface area contributed by atoms with E-state index in [0.717, 1.165) is 29.3 Å². The molecule has 0 saturated carbocycles. The summed E-state index contributed by atoms with van der Waals surface area (Å²) in [7, 11) is 0. The maximum Gasteiger partial charge on any atom is 0.126 e. The third-order valence-corrected chi connectivity index (χ3v) is 5.36. The molecule has 0 heterocycles. The van der Waals surface area contributed by atoms with Crippen molar-refractivity contribution in [1.82, 2.24) is 0 Å². The molecule has 0 amide bonds. The minimum absolute atomic E-state index is 0.0397. The summed E-state index contributed by atoms with van der Waals surface area (Å²) in [4.78, 5) is 0. The molecule has 2 aromatic carbocycles. The lowest BCUT2D eigenvalue weighted by Gasteiger charge is -2.21. The van der Waals surface area contributed by atoms with Gasteiger partial charge in [-0.2, -0.15) is 0 Å². The van der Waals surface area contributed by atoms with Crippen LogP contribution in [-0.2, 0) is 12.8 Å². The highest BCUT2D eigenvalue weighted by molar-refractivity contribution is 9.10. The molecule has 0 nitrogen and oxygen atoms in total. The summed E-state index contributed by atoms with van der Waals surface area (Å²) in [5.41, 5.74) is 3.31. The van der Waals surface area contributed by atoms with Gasteiger partial charge in [0, 0.05) is 4.47 Å². The lowest BCUT2D eigenvalue weighted by atomic mass is 9.90. The molecule has 0 radical (unpaired) electrons. The molecule has 0 spiro atoms. The van der Waals surface area contributed by atoms with Crippen LogP contribution in [0.1, 0.15) is 34.9 Å². The first-order valence-electron chi connectivity index (χ1n) is 7.31. The van der Waals surface area contributed by atoms with Crippen LogP contribution >= 0.6 is 27.5 Å². The third kappa shape index (κ3) is 3.32. The molecule has 0 saturated heterocycles. The maximum atomic E-state index is 14.0. The molecule has 0 N–H and O–H groups in total. The molecule has 2 unspecified atom stereocenters. The van der Waals surface area contributed by atoms with Gasteiger partial charge < -0.3 is 0 Å². The Morgan fingerprint density at radius 3 is 2.86 bits per heavy atom. The van der Waals surface area contributed by atoms with E-state index < -0.39 is 0 Å². The van der Waals surface area contributed by atoms with Crippen LogP contribution in [0.3, 0.4) is 0 Å². The third-order valence-electron chi connectivity index (χ3n) is 4.28. The maximum absolute atomic E-state index is 14.0. The van der Waals surface area contributed by atoms with Gasteiger partial charge in [-0.1, -0.05) is 40.2 Å². The van der Waals surface area contributed by atoms with E-state index in [0.29, 0.717) is 6.42 Å². The summed E-state index contributed by atoms with van der Waals surface area (Å²) < 4.78 is 14.9. The van der Waals surface area contributed by atoms with Gasteiger partial charge >= 0.3 is 0 Å². The van der Waals surface area contributed by atoms with E-state index in [1.54, 1.807) is 6.07 Å². The van der Waals surface area contributed by atoms with E-state index in [-0.39, 0.29) is 17.1 Å². The molecule has 0 aromatic heterocycles. The lowest BCUT2D eigenvalue weighted by molar-refractivity contribution is 0.454. The van der Waals surface area contributed by atoms with Gasteiger partial charge in [0.25, 0.3) is 0 Å². The molecule has 2 aromatic rings. The molecule has 1 aliphatic carbocycles. The first kappa shape index (κ1) is 15.1. The SMILES string of the molecule is Fc1ccc(Br)cc1CC1CCCc2ccccc2C1Cl. The number of fused-ring (bicyclic) bond motifs is 1. The van der Waals surface area contributed by atoms with E-state index >= 15 is 0 Å². The highest BCUT2D eigenvalue weighted by Gasteiger charge is 2.26. The second-order valence-electron chi connectivity index (χ2n) is 5.69. The molecule has 2 atom stereocenters. The Morgan fingerprint density at radius 1 is 1.19 bits per heavy atom. The lowest BCUT2D eigenvalue weighted by Crippen LogP contribution is -2.11. The summed E-state index contributed by atoms with van der Waals surface area (Å²) in [6.07, 6.45) is 3.90. The van der Waals surface area contributed by atoms with E-state index in [2.05, 4.69) is 34.1 Å². The average Bonchev–Trinajstić information content (AvgIpc) is 2.64. The Bertz CT molecular complexity index is 641. The van der Waals surface area contributed by atoms with Crippen LogP contribution in [0.25, 0.3) is 0 Å². The van der Waals surface area contributed by atoms with Gasteiger partial charge in [-0.3, -0.25) is 0 Å². The Labute approximate surface area is 138 Å². The van der Waals surface area contributed by atoms with Gasteiger partial charge in [-0.05, 0) is 66.5 Å². The van der Waals surface area contributed by atoms with E-state index in [1.807, 2.05) is 12.1 Å². The molecule has 0 bridgehead atoms. The number of rotatable bonds is 2. The molecule has 110 valence electrons. The zero-order chi connectivity index (χ0) is 14.8. The van der Waals surface area contributed by atoms with Crippen LogP contribution < -0.4 is 0 Å². The number of alkyl halides is 1. The standard InChI is InChI=1S/C18H17BrClF/c19-15-8-9-17(21)14(11-15)10-13-6-3-5-12-4-1-2-7-16(12)18(13)20/h1-2,4,7-9,11,13,18H,3,5-6,10H2. The van der Waals surface area contributed by atoms with Gasteiger partial charge in [0.1, 0.15) is 5.82 Å². The van der Waals surface area contributed by atoms with Crippen molar-refractivity contribution in [2.24, 2.45) is 5.92 Å². The highest BCUT2D eigenvalue weighted by Crippen LogP contribution is 2.40. The number of benzene rings is 2. The summed E-state index contributed by atoms with van der Waals surface area (Å²) in [5.74, 6) is 0.138. The molecule has 21 heavy (non-hydrogen) atoms. The Kier molecular flexibility index (Phi) is 4.66. The van der Waals surface area contributed by atoms with Crippen molar-refractivity contribution in [3.05, 3.63) is 69.4 Å². The topological polar surface area (TPSA) is 0 Å². The number of hydrogen-bond donors (Lipinski definition) is 0. The van der Waals surface area contributed by atoms with Crippen molar-refractivity contribution in [1.29, 1.82) is 0 Å². The van der Waals surface area contributed by atoms with Gasteiger partial charge in [-0.15, -0.1) is 11.6 Å². The Hall–Kier alpha value is -0.860. The van der Waals surface area contributed by atoms with Gasteiger partial charge in [0.15, 0.2) is 0 Å². The average molecular weight is 368 g/mol. The fourth-order valence-corrected chi connectivity index (χ4v) is 4.01. The minimum Gasteiger partial charge on any atom is -0.207 e. The summed E-state index contributed by atoms with van der Waals surface area (Å²) in [5, 5.41) is -0.0397. The van der Waals surface area contributed by atoms with Crippen molar-refractivity contribution in [3.8, 4) is 0 Å². The molecule has 1 aliphatic rings. The van der Waals surface area contributed by atoms with Crippen molar-refractivity contribution < 1.29 is 4.39 Å². The van der Waals surface area contributed by atoms with Crippen LogP contribution in [0, 0.1) is 11.7 Å². The normalized spacial score (nSPS) is 21.7. The van der Waals surface area contributed by atoms with Crippen LogP contribution in [0.4, 0.5) is 4.39 Å². The number of halogens is 3. The number of aryl methyl sites for hydroxylation is 1. The van der Waals surface area contributed by atoms with E-state index in [4.69, 9.17) is 11.6 Å². The highest BCUT2D eigenvalue weighted by atomic mass is 79.9. The zero-order valence-electron chi connectivity index (χ0n) is 11.7. The molecule has 0 fully saturated rings. The molecule has 0 aliphatic heterocycles. The predicted molar refractivity (Wildman–Crippen MR) is 89.3 cm³/mol. The van der Waals surface area contributed by atoms with Crippen LogP contribution in [-0.4, -0.2) is 0 Å². The van der Waals surface area contributed by atoms with Crippen LogP contribution in [0.5, 0.6) is 0 Å². The Morgan fingerprint density at radius 2 is 2.00 bits per heavy atom. The summed E-state index contributed by atoms with van der Waals surface area (Å²) >= 11 is 10.1. The summed E-state index contributed by atoms with van der Waals surface area (Å²) in [6.45, 7) is 0. The minimum atomic E-state index is -0.139. The smallest absolute Gasteiger partial charge is 0.126 e. The van der Waals surface area contributed by atoms with Gasteiger partial charge in [0.2, 0.25) is 0 Å². The quantitative estimate of drug-likeness (QED) is 0.447. The van der Waals surface area contributed by atoms with E-state index in [1.165, 1.54) is 17.2 Å². The number of hydrogen-bond acceptors (Lipinski definition) is 0. The van der Waals surface area contributed by atoms with Crippen molar-refractivity contribution in [2.75, 3.05) is 0 Å². The fourth-order valence-electron chi connectivity index (χ4n) is 3.17. The molecular formula is C18H17BrClF. The zero-order valence-corrected chi connectivity index (χ0v) is 14.0. The first-order chi connectivity index (χ1) is 10.1. The van der Waals surface area contributed by atoms with Gasteiger partial charge in [0.05, 0.1) is 5.38 Å². The van der Waals surface area contributed by atoms with Gasteiger partial charge in [-0.25, -0.2) is 4.39 Å².